The van der Waals surface area contributed by atoms with Crippen LogP contribution in [0.1, 0.15) is 35.2 Å². The number of nitrogens with zero attached hydrogens (tertiary/aromatic N) is 3. The number of thioether (sulfide) groups is 1. The van der Waals surface area contributed by atoms with E-state index in [4.69, 9.17) is 30.9 Å². The molecular weight excluding hydrogens is 548 g/mol. The van der Waals surface area contributed by atoms with Gasteiger partial charge in [-0.3, -0.25) is 0 Å². The van der Waals surface area contributed by atoms with Crippen LogP contribution in [0.15, 0.2) is 83.2 Å². The number of hydrogen-bond donors (Lipinski definition) is 1. The van der Waals surface area contributed by atoms with Crippen LogP contribution >= 0.6 is 23.4 Å². The standard InChI is InChI=1S/C30H29ClN4O4S/c1-18-8-7-9-20(14-18)16-39-24-13-12-21(15-25(24)37-3)27-26(28(36)38-4)19(2)32-29-33-30(34-35(27)29)40-17-22-10-5-6-11-23(22)31/h5-15,27H,16-17H2,1-4H3,(H,32,33,34). The topological polar surface area (TPSA) is 87.5 Å². The molecule has 0 amide bonds. The minimum atomic E-state index is -0.592. The van der Waals surface area contributed by atoms with E-state index in [-0.39, 0.29) is 0 Å². The molecule has 1 aromatic heterocycles. The molecule has 5 rings (SSSR count). The lowest BCUT2D eigenvalue weighted by atomic mass is 9.95. The number of benzene rings is 3. The molecule has 1 atom stereocenters. The summed E-state index contributed by atoms with van der Waals surface area (Å²) in [4.78, 5) is 17.7. The summed E-state index contributed by atoms with van der Waals surface area (Å²) in [6.07, 6.45) is 0. The Labute approximate surface area is 242 Å². The van der Waals surface area contributed by atoms with Gasteiger partial charge in [0.05, 0.1) is 19.8 Å². The normalized spacial score (nSPS) is 14.4. The van der Waals surface area contributed by atoms with E-state index >= 15 is 0 Å². The van der Waals surface area contributed by atoms with Crippen LogP contribution in [-0.2, 0) is 21.9 Å². The van der Waals surface area contributed by atoms with Crippen molar-refractivity contribution in [3.8, 4) is 11.5 Å². The number of allylic oxidation sites excluding steroid dienone is 1. The van der Waals surface area contributed by atoms with Crippen LogP contribution in [-0.4, -0.2) is 35.0 Å². The Balaban J connectivity index is 1.46. The monoisotopic (exact) mass is 576 g/mol. The lowest BCUT2D eigenvalue weighted by Gasteiger charge is -2.28. The fourth-order valence-corrected chi connectivity index (χ4v) is 5.68. The summed E-state index contributed by atoms with van der Waals surface area (Å²) in [6.45, 7) is 4.27. The van der Waals surface area contributed by atoms with Crippen LogP contribution < -0.4 is 14.8 Å². The number of carbonyl (C=O) groups is 1. The van der Waals surface area contributed by atoms with Crippen LogP contribution in [0.25, 0.3) is 0 Å². The summed E-state index contributed by atoms with van der Waals surface area (Å²) in [5, 5.41) is 9.22. The molecule has 0 aliphatic carbocycles. The SMILES string of the molecule is COC(=O)C1=C(C)Nc2nc(SCc3ccccc3Cl)nn2C1c1ccc(OCc2cccc(C)c2)c(OC)c1. The second-order valence-electron chi connectivity index (χ2n) is 9.29. The first-order valence-electron chi connectivity index (χ1n) is 12.6. The van der Waals surface area contributed by atoms with Gasteiger partial charge in [-0.1, -0.05) is 77.5 Å². The summed E-state index contributed by atoms with van der Waals surface area (Å²) in [5.74, 6) is 1.80. The van der Waals surface area contributed by atoms with Crippen molar-refractivity contribution < 1.29 is 19.0 Å². The van der Waals surface area contributed by atoms with E-state index in [0.717, 1.165) is 16.7 Å². The third kappa shape index (κ3) is 5.80. The fraction of sp³-hybridized carbons (Fsp3) is 0.233. The Morgan fingerprint density at radius 3 is 2.62 bits per heavy atom. The zero-order valence-electron chi connectivity index (χ0n) is 22.6. The van der Waals surface area contributed by atoms with E-state index < -0.39 is 12.0 Å². The Bertz CT molecular complexity index is 1590. The van der Waals surface area contributed by atoms with Gasteiger partial charge in [-0.05, 0) is 48.7 Å². The molecule has 0 radical (unpaired) electrons. The molecule has 8 nitrogen and oxygen atoms in total. The smallest absolute Gasteiger partial charge is 0.338 e. The van der Waals surface area contributed by atoms with Crippen LogP contribution in [0.5, 0.6) is 11.5 Å². The average molecular weight is 577 g/mol. The highest BCUT2D eigenvalue weighted by atomic mass is 35.5. The number of aromatic nitrogens is 3. The minimum absolute atomic E-state index is 0.399. The highest BCUT2D eigenvalue weighted by Gasteiger charge is 2.35. The maximum absolute atomic E-state index is 13.0. The van der Waals surface area contributed by atoms with E-state index in [1.165, 1.54) is 24.4 Å². The van der Waals surface area contributed by atoms with Crippen molar-refractivity contribution in [2.75, 3.05) is 19.5 Å². The number of methoxy groups -OCH3 is 2. The molecule has 0 spiro atoms. The summed E-state index contributed by atoms with van der Waals surface area (Å²) in [7, 11) is 2.96. The van der Waals surface area contributed by atoms with E-state index in [1.807, 2.05) is 74.5 Å². The van der Waals surface area contributed by atoms with Gasteiger partial charge in [0.15, 0.2) is 11.5 Å². The Hall–Kier alpha value is -3.95. The average Bonchev–Trinajstić information content (AvgIpc) is 3.36. The molecule has 1 unspecified atom stereocenters. The number of anilines is 1. The molecule has 2 heterocycles. The van der Waals surface area contributed by atoms with E-state index in [2.05, 4.69) is 16.4 Å². The van der Waals surface area contributed by atoms with E-state index in [9.17, 15) is 4.79 Å². The first-order valence-corrected chi connectivity index (χ1v) is 14.0. The van der Waals surface area contributed by atoms with Gasteiger partial charge in [-0.25, -0.2) is 9.48 Å². The number of hydrogen-bond acceptors (Lipinski definition) is 8. The number of esters is 1. The van der Waals surface area contributed by atoms with Crippen molar-refractivity contribution in [3.05, 3.63) is 105 Å². The van der Waals surface area contributed by atoms with Crippen molar-refractivity contribution in [2.24, 2.45) is 0 Å². The van der Waals surface area contributed by atoms with Gasteiger partial charge in [0.25, 0.3) is 0 Å². The number of halogens is 1. The number of aryl methyl sites for hydroxylation is 1. The molecule has 1 aliphatic rings. The van der Waals surface area contributed by atoms with Gasteiger partial charge in [0.2, 0.25) is 11.1 Å². The molecule has 1 aliphatic heterocycles. The van der Waals surface area contributed by atoms with Crippen molar-refractivity contribution in [1.29, 1.82) is 0 Å². The van der Waals surface area contributed by atoms with E-state index in [1.54, 1.807) is 11.8 Å². The zero-order chi connectivity index (χ0) is 28.2. The third-order valence-corrected chi connectivity index (χ3v) is 7.79. The Morgan fingerprint density at radius 1 is 1.05 bits per heavy atom. The second-order valence-corrected chi connectivity index (χ2v) is 10.6. The maximum Gasteiger partial charge on any atom is 0.338 e. The second kappa shape index (κ2) is 12.1. The van der Waals surface area contributed by atoms with Crippen LogP contribution in [0.2, 0.25) is 5.02 Å². The Kier molecular flexibility index (Phi) is 8.32. The Morgan fingerprint density at radius 2 is 1.88 bits per heavy atom. The number of rotatable bonds is 9. The summed E-state index contributed by atoms with van der Waals surface area (Å²) < 4.78 is 18.7. The van der Waals surface area contributed by atoms with Gasteiger partial charge in [0.1, 0.15) is 12.6 Å². The summed E-state index contributed by atoms with van der Waals surface area (Å²) >= 11 is 7.80. The molecule has 1 N–H and O–H groups in total. The first-order chi connectivity index (χ1) is 19.4. The van der Waals surface area contributed by atoms with Crippen molar-refractivity contribution in [1.82, 2.24) is 14.8 Å². The molecule has 40 heavy (non-hydrogen) atoms. The van der Waals surface area contributed by atoms with Crippen LogP contribution in [0, 0.1) is 6.92 Å². The van der Waals surface area contributed by atoms with Gasteiger partial charge in [0, 0.05) is 16.5 Å². The molecule has 3 aromatic carbocycles. The number of nitrogens with one attached hydrogen (secondary N) is 1. The quantitative estimate of drug-likeness (QED) is 0.176. The zero-order valence-corrected chi connectivity index (χ0v) is 24.2. The number of carbonyl (C=O) groups excluding carboxylic acids is 1. The highest BCUT2D eigenvalue weighted by Crippen LogP contribution is 2.40. The molecule has 206 valence electrons. The van der Waals surface area contributed by atoms with Gasteiger partial charge in [-0.15, -0.1) is 5.10 Å². The minimum Gasteiger partial charge on any atom is -0.493 e. The van der Waals surface area contributed by atoms with Gasteiger partial charge >= 0.3 is 5.97 Å². The predicted molar refractivity (Wildman–Crippen MR) is 156 cm³/mol. The number of ether oxygens (including phenoxy) is 3. The summed E-state index contributed by atoms with van der Waals surface area (Å²) in [5.41, 5.74) is 5.05. The molecule has 0 saturated heterocycles. The summed E-state index contributed by atoms with van der Waals surface area (Å²) in [6, 6.07) is 20.9. The van der Waals surface area contributed by atoms with Crippen LogP contribution in [0.3, 0.4) is 0 Å². The maximum atomic E-state index is 13.0. The first kappa shape index (κ1) is 27.6. The fourth-order valence-electron chi connectivity index (χ4n) is 4.57. The lowest BCUT2D eigenvalue weighted by Crippen LogP contribution is -2.29. The predicted octanol–water partition coefficient (Wildman–Crippen LogP) is 6.58. The molecule has 0 bridgehead atoms. The molecule has 0 saturated carbocycles. The largest absolute Gasteiger partial charge is 0.493 e. The van der Waals surface area contributed by atoms with E-state index in [0.29, 0.717) is 51.3 Å². The van der Waals surface area contributed by atoms with Crippen molar-refractivity contribution in [2.45, 2.75) is 37.4 Å². The third-order valence-electron chi connectivity index (χ3n) is 6.53. The van der Waals surface area contributed by atoms with Gasteiger partial charge < -0.3 is 19.5 Å². The van der Waals surface area contributed by atoms with Gasteiger partial charge in [-0.2, -0.15) is 4.98 Å². The van der Waals surface area contributed by atoms with Crippen molar-refractivity contribution >= 4 is 35.3 Å². The molecular formula is C30H29ClN4O4S. The molecule has 4 aromatic rings. The van der Waals surface area contributed by atoms with Crippen LogP contribution in [0.4, 0.5) is 5.95 Å². The number of fused-ring (bicyclic) bond motifs is 1. The lowest BCUT2D eigenvalue weighted by molar-refractivity contribution is -0.136. The van der Waals surface area contributed by atoms with Crippen molar-refractivity contribution in [3.63, 3.8) is 0 Å². The highest BCUT2D eigenvalue weighted by molar-refractivity contribution is 7.98. The molecule has 10 heteroatoms. The molecule has 0 fully saturated rings.